The zero-order chi connectivity index (χ0) is 16.2. The van der Waals surface area contributed by atoms with Crippen LogP contribution in [0.25, 0.3) is 0 Å². The molecule has 118 valence electrons. The minimum atomic E-state index is -4.56. The maximum atomic E-state index is 13.1. The summed E-state index contributed by atoms with van der Waals surface area (Å²) in [7, 11) is 0. The van der Waals surface area contributed by atoms with Gasteiger partial charge in [0.1, 0.15) is 0 Å². The molecule has 0 aliphatic heterocycles. The highest BCUT2D eigenvalue weighted by atomic mass is 79.9. The van der Waals surface area contributed by atoms with Crippen molar-refractivity contribution in [2.45, 2.75) is 32.5 Å². The highest BCUT2D eigenvalue weighted by Crippen LogP contribution is 2.34. The molecule has 21 heavy (non-hydrogen) atoms. The number of nitrogens with zero attached hydrogens (tertiary/aromatic N) is 1. The SMILES string of the molecule is CC(C)N(CCCBr)C(=O)c1ccc(Br)cc1C(F)(F)F. The molecule has 7 heteroatoms. The first-order valence-corrected chi connectivity index (χ1v) is 8.33. The molecular weight excluding hydrogens is 415 g/mol. The van der Waals surface area contributed by atoms with Crippen LogP contribution < -0.4 is 0 Å². The number of hydrogen-bond acceptors (Lipinski definition) is 1. The van der Waals surface area contributed by atoms with E-state index >= 15 is 0 Å². The summed E-state index contributed by atoms with van der Waals surface area (Å²) in [5.41, 5.74) is -1.22. The van der Waals surface area contributed by atoms with Gasteiger partial charge in [0.25, 0.3) is 5.91 Å². The van der Waals surface area contributed by atoms with E-state index in [1.165, 1.54) is 17.0 Å². The Bertz CT molecular complexity index is 503. The number of rotatable bonds is 5. The largest absolute Gasteiger partial charge is 0.417 e. The van der Waals surface area contributed by atoms with Crippen LogP contribution in [0.2, 0.25) is 0 Å². The third-order valence-electron chi connectivity index (χ3n) is 2.93. The molecule has 1 rings (SSSR count). The second kappa shape index (κ2) is 7.63. The van der Waals surface area contributed by atoms with Crippen molar-refractivity contribution in [3.8, 4) is 0 Å². The van der Waals surface area contributed by atoms with Crippen LogP contribution in [-0.2, 0) is 6.18 Å². The second-order valence-electron chi connectivity index (χ2n) is 4.82. The summed E-state index contributed by atoms with van der Waals surface area (Å²) < 4.78 is 39.6. The lowest BCUT2D eigenvalue weighted by Crippen LogP contribution is -2.38. The van der Waals surface area contributed by atoms with E-state index in [9.17, 15) is 18.0 Å². The zero-order valence-electron chi connectivity index (χ0n) is 11.7. The monoisotopic (exact) mass is 429 g/mol. The van der Waals surface area contributed by atoms with Gasteiger partial charge < -0.3 is 4.90 Å². The van der Waals surface area contributed by atoms with E-state index in [1.54, 1.807) is 13.8 Å². The van der Waals surface area contributed by atoms with Gasteiger partial charge in [0, 0.05) is 22.4 Å². The molecular formula is C14H16Br2F3NO. The van der Waals surface area contributed by atoms with Crippen molar-refractivity contribution in [1.29, 1.82) is 0 Å². The van der Waals surface area contributed by atoms with Crippen LogP contribution in [0.3, 0.4) is 0 Å². The van der Waals surface area contributed by atoms with Crippen molar-refractivity contribution in [3.63, 3.8) is 0 Å². The molecule has 1 amide bonds. The average Bonchev–Trinajstić information content (AvgIpc) is 2.37. The van der Waals surface area contributed by atoms with E-state index in [0.717, 1.165) is 6.07 Å². The third-order valence-corrected chi connectivity index (χ3v) is 3.99. The molecule has 0 saturated heterocycles. The Morgan fingerprint density at radius 3 is 2.43 bits per heavy atom. The van der Waals surface area contributed by atoms with Crippen molar-refractivity contribution in [2.75, 3.05) is 11.9 Å². The van der Waals surface area contributed by atoms with Gasteiger partial charge in [-0.3, -0.25) is 4.79 Å². The number of halogens is 5. The molecule has 2 nitrogen and oxygen atoms in total. The van der Waals surface area contributed by atoms with Crippen LogP contribution in [0.15, 0.2) is 22.7 Å². The Morgan fingerprint density at radius 2 is 1.95 bits per heavy atom. The minimum Gasteiger partial charge on any atom is -0.336 e. The van der Waals surface area contributed by atoms with Crippen LogP contribution >= 0.6 is 31.9 Å². The Hall–Kier alpha value is -0.560. The van der Waals surface area contributed by atoms with Crippen molar-refractivity contribution in [3.05, 3.63) is 33.8 Å². The fourth-order valence-electron chi connectivity index (χ4n) is 1.92. The molecule has 0 saturated carbocycles. The number of carbonyl (C=O) groups excluding carboxylic acids is 1. The smallest absolute Gasteiger partial charge is 0.336 e. The summed E-state index contributed by atoms with van der Waals surface area (Å²) in [4.78, 5) is 13.9. The summed E-state index contributed by atoms with van der Waals surface area (Å²) in [6.07, 6.45) is -3.88. The third kappa shape index (κ3) is 4.98. The number of alkyl halides is 4. The number of benzene rings is 1. The molecule has 0 bridgehead atoms. The van der Waals surface area contributed by atoms with Crippen LogP contribution in [0.5, 0.6) is 0 Å². The van der Waals surface area contributed by atoms with Gasteiger partial charge in [0.05, 0.1) is 11.1 Å². The standard InChI is InChI=1S/C14H16Br2F3NO/c1-9(2)20(7-3-6-15)13(21)11-5-4-10(16)8-12(11)14(17,18)19/h4-5,8-9H,3,6-7H2,1-2H3. The molecule has 0 atom stereocenters. The van der Waals surface area contributed by atoms with Gasteiger partial charge in [-0.25, -0.2) is 0 Å². The van der Waals surface area contributed by atoms with E-state index in [4.69, 9.17) is 0 Å². The highest BCUT2D eigenvalue weighted by Gasteiger charge is 2.36. The minimum absolute atomic E-state index is 0.165. The molecule has 0 N–H and O–H groups in total. The topological polar surface area (TPSA) is 20.3 Å². The van der Waals surface area contributed by atoms with Crippen molar-refractivity contribution in [2.24, 2.45) is 0 Å². The van der Waals surface area contributed by atoms with E-state index in [0.29, 0.717) is 22.8 Å². The van der Waals surface area contributed by atoms with Gasteiger partial charge >= 0.3 is 6.18 Å². The maximum Gasteiger partial charge on any atom is 0.417 e. The summed E-state index contributed by atoms with van der Waals surface area (Å²) >= 11 is 6.28. The summed E-state index contributed by atoms with van der Waals surface area (Å²) in [5, 5.41) is 0.690. The zero-order valence-corrected chi connectivity index (χ0v) is 14.8. The first-order valence-electron chi connectivity index (χ1n) is 6.42. The van der Waals surface area contributed by atoms with Crippen LogP contribution in [-0.4, -0.2) is 28.7 Å². The molecule has 0 fully saturated rings. The number of hydrogen-bond donors (Lipinski definition) is 0. The van der Waals surface area contributed by atoms with Gasteiger partial charge in [0.15, 0.2) is 0 Å². The summed E-state index contributed by atoms with van der Waals surface area (Å²) in [6, 6.07) is 3.45. The summed E-state index contributed by atoms with van der Waals surface area (Å²) in [6.45, 7) is 3.99. The first-order chi connectivity index (χ1) is 9.68. The van der Waals surface area contributed by atoms with Crippen molar-refractivity contribution in [1.82, 2.24) is 4.90 Å². The molecule has 0 spiro atoms. The van der Waals surface area contributed by atoms with E-state index in [2.05, 4.69) is 31.9 Å². The predicted octanol–water partition coefficient (Wildman–Crippen LogP) is 5.10. The molecule has 0 aliphatic rings. The molecule has 1 aromatic rings. The lowest BCUT2D eigenvalue weighted by atomic mass is 10.0. The van der Waals surface area contributed by atoms with Gasteiger partial charge in [-0.15, -0.1) is 0 Å². The fraction of sp³-hybridized carbons (Fsp3) is 0.500. The number of carbonyl (C=O) groups is 1. The molecule has 0 aliphatic carbocycles. The molecule has 0 radical (unpaired) electrons. The van der Waals surface area contributed by atoms with Crippen LogP contribution in [0.1, 0.15) is 36.2 Å². The Balaban J connectivity index is 3.21. The van der Waals surface area contributed by atoms with E-state index in [1.807, 2.05) is 0 Å². The van der Waals surface area contributed by atoms with Crippen molar-refractivity contribution < 1.29 is 18.0 Å². The highest BCUT2D eigenvalue weighted by molar-refractivity contribution is 9.10. The quantitative estimate of drug-likeness (QED) is 0.595. The molecule has 0 aromatic heterocycles. The van der Waals surface area contributed by atoms with E-state index < -0.39 is 17.6 Å². The molecule has 1 aromatic carbocycles. The normalized spacial score (nSPS) is 11.8. The molecule has 0 unspecified atom stereocenters. The number of amides is 1. The second-order valence-corrected chi connectivity index (χ2v) is 6.53. The maximum absolute atomic E-state index is 13.1. The van der Waals surface area contributed by atoms with Gasteiger partial charge in [-0.2, -0.15) is 13.2 Å². The fourth-order valence-corrected chi connectivity index (χ4v) is 2.53. The van der Waals surface area contributed by atoms with Gasteiger partial charge in [0.2, 0.25) is 0 Å². The predicted molar refractivity (Wildman–Crippen MR) is 83.7 cm³/mol. The first kappa shape index (κ1) is 18.5. The summed E-state index contributed by atoms with van der Waals surface area (Å²) in [5.74, 6) is -0.592. The Labute approximate surface area is 139 Å². The van der Waals surface area contributed by atoms with Gasteiger partial charge in [-0.05, 0) is 38.5 Å². The van der Waals surface area contributed by atoms with Crippen LogP contribution in [0, 0.1) is 0 Å². The molecule has 0 heterocycles. The Kier molecular flexibility index (Phi) is 6.71. The van der Waals surface area contributed by atoms with E-state index in [-0.39, 0.29) is 11.6 Å². The lowest BCUT2D eigenvalue weighted by Gasteiger charge is -2.28. The average molecular weight is 431 g/mol. The Morgan fingerprint density at radius 1 is 1.33 bits per heavy atom. The lowest BCUT2D eigenvalue weighted by molar-refractivity contribution is -0.138. The van der Waals surface area contributed by atoms with Crippen molar-refractivity contribution >= 4 is 37.8 Å². The van der Waals surface area contributed by atoms with Gasteiger partial charge in [-0.1, -0.05) is 31.9 Å². The van der Waals surface area contributed by atoms with Crippen LogP contribution in [0.4, 0.5) is 13.2 Å².